The lowest BCUT2D eigenvalue weighted by molar-refractivity contribution is 0.408. The minimum absolute atomic E-state index is 0.0870. The molecule has 0 unspecified atom stereocenters. The second kappa shape index (κ2) is 5.57. The Morgan fingerprint density at radius 1 is 1.37 bits per heavy atom. The van der Waals surface area contributed by atoms with Crippen molar-refractivity contribution in [3.8, 4) is 5.75 Å². The third-order valence-electron chi connectivity index (χ3n) is 2.93. The fraction of sp³-hybridized carbons (Fsp3) is 0.286. The van der Waals surface area contributed by atoms with Crippen LogP contribution in [0, 0.1) is 13.8 Å². The van der Waals surface area contributed by atoms with Crippen LogP contribution in [0.1, 0.15) is 16.8 Å². The van der Waals surface area contributed by atoms with E-state index in [9.17, 15) is 4.79 Å². The fourth-order valence-electron chi connectivity index (χ4n) is 1.87. The molecular formula is C14H15BrN2O2. The van der Waals surface area contributed by atoms with Crippen molar-refractivity contribution in [2.45, 2.75) is 20.4 Å². The summed E-state index contributed by atoms with van der Waals surface area (Å²) >= 11 is 3.27. The van der Waals surface area contributed by atoms with Gasteiger partial charge < -0.3 is 4.74 Å². The van der Waals surface area contributed by atoms with Crippen LogP contribution in [0.25, 0.3) is 0 Å². The molecule has 5 heteroatoms. The predicted molar refractivity (Wildman–Crippen MR) is 77.8 cm³/mol. The Balaban J connectivity index is 2.44. The zero-order valence-electron chi connectivity index (χ0n) is 11.1. The number of methoxy groups -OCH3 is 1. The number of nitrogens with zero attached hydrogens (tertiary/aromatic N) is 2. The van der Waals surface area contributed by atoms with Crippen molar-refractivity contribution < 1.29 is 4.74 Å². The van der Waals surface area contributed by atoms with Crippen molar-refractivity contribution in [1.82, 2.24) is 9.55 Å². The summed E-state index contributed by atoms with van der Waals surface area (Å²) in [6, 6.07) is 5.90. The summed E-state index contributed by atoms with van der Waals surface area (Å²) < 4.78 is 7.38. The molecule has 0 spiro atoms. The van der Waals surface area contributed by atoms with E-state index in [4.69, 9.17) is 4.74 Å². The van der Waals surface area contributed by atoms with Gasteiger partial charge in [-0.25, -0.2) is 4.98 Å². The Labute approximate surface area is 120 Å². The van der Waals surface area contributed by atoms with Crippen LogP contribution in [0.2, 0.25) is 0 Å². The number of hydrogen-bond donors (Lipinski definition) is 0. The molecule has 0 amide bonds. The standard InChI is InChI=1S/C14H15BrN2O2/c1-9-4-5-12(19-3)11(6-9)7-17-8-16-10(2)13(15)14(17)18/h4-6,8H,7H2,1-3H3. The molecule has 1 aromatic carbocycles. The summed E-state index contributed by atoms with van der Waals surface area (Å²) in [4.78, 5) is 16.3. The van der Waals surface area contributed by atoms with Gasteiger partial charge in [0.1, 0.15) is 10.2 Å². The molecule has 19 heavy (non-hydrogen) atoms. The zero-order valence-corrected chi connectivity index (χ0v) is 12.7. The van der Waals surface area contributed by atoms with Crippen LogP contribution in [0.5, 0.6) is 5.75 Å². The normalized spacial score (nSPS) is 10.5. The first kappa shape index (κ1) is 13.8. The summed E-state index contributed by atoms with van der Waals surface area (Å²) in [6.07, 6.45) is 1.56. The molecule has 0 saturated carbocycles. The highest BCUT2D eigenvalue weighted by Crippen LogP contribution is 2.20. The maximum absolute atomic E-state index is 12.1. The Morgan fingerprint density at radius 3 is 2.79 bits per heavy atom. The van der Waals surface area contributed by atoms with E-state index in [0.717, 1.165) is 16.9 Å². The van der Waals surface area contributed by atoms with Gasteiger partial charge in [-0.2, -0.15) is 0 Å². The molecule has 0 radical (unpaired) electrons. The number of halogens is 1. The third kappa shape index (κ3) is 2.87. The van der Waals surface area contributed by atoms with E-state index in [1.165, 1.54) is 0 Å². The molecule has 1 aromatic heterocycles. The summed E-state index contributed by atoms with van der Waals surface area (Å²) in [7, 11) is 1.63. The van der Waals surface area contributed by atoms with Crippen molar-refractivity contribution in [2.24, 2.45) is 0 Å². The Hall–Kier alpha value is -1.62. The van der Waals surface area contributed by atoms with Gasteiger partial charge in [-0.05, 0) is 35.8 Å². The lowest BCUT2D eigenvalue weighted by Crippen LogP contribution is -2.22. The van der Waals surface area contributed by atoms with Crippen LogP contribution in [-0.4, -0.2) is 16.7 Å². The molecule has 0 atom stereocenters. The van der Waals surface area contributed by atoms with Gasteiger partial charge >= 0.3 is 0 Å². The molecular weight excluding hydrogens is 308 g/mol. The van der Waals surface area contributed by atoms with E-state index in [1.807, 2.05) is 25.1 Å². The van der Waals surface area contributed by atoms with Gasteiger partial charge in [0.2, 0.25) is 0 Å². The molecule has 2 aromatic rings. The van der Waals surface area contributed by atoms with Gasteiger partial charge in [0.25, 0.3) is 5.56 Å². The van der Waals surface area contributed by atoms with Crippen molar-refractivity contribution in [1.29, 1.82) is 0 Å². The number of benzene rings is 1. The molecule has 4 nitrogen and oxygen atoms in total. The molecule has 1 heterocycles. The van der Waals surface area contributed by atoms with Crippen LogP contribution in [0.15, 0.2) is 33.8 Å². The van der Waals surface area contributed by atoms with Crippen LogP contribution in [-0.2, 0) is 6.54 Å². The summed E-state index contributed by atoms with van der Waals surface area (Å²) in [5.74, 6) is 0.772. The largest absolute Gasteiger partial charge is 0.496 e. The highest BCUT2D eigenvalue weighted by molar-refractivity contribution is 9.10. The first-order valence-corrected chi connectivity index (χ1v) is 6.67. The van der Waals surface area contributed by atoms with E-state index in [0.29, 0.717) is 16.7 Å². The Morgan fingerprint density at radius 2 is 2.11 bits per heavy atom. The second-order valence-corrected chi connectivity index (χ2v) is 5.19. The molecule has 0 aliphatic heterocycles. The fourth-order valence-corrected chi connectivity index (χ4v) is 2.20. The highest BCUT2D eigenvalue weighted by Gasteiger charge is 2.09. The topological polar surface area (TPSA) is 44.1 Å². The first-order chi connectivity index (χ1) is 9.02. The molecule has 2 rings (SSSR count). The molecule has 0 saturated heterocycles. The van der Waals surface area contributed by atoms with Crippen LogP contribution in [0.3, 0.4) is 0 Å². The number of rotatable bonds is 3. The lowest BCUT2D eigenvalue weighted by Gasteiger charge is -2.11. The monoisotopic (exact) mass is 322 g/mol. The summed E-state index contributed by atoms with van der Waals surface area (Å²) in [5, 5.41) is 0. The third-order valence-corrected chi connectivity index (χ3v) is 3.85. The number of hydrogen-bond acceptors (Lipinski definition) is 3. The van der Waals surface area contributed by atoms with Crippen LogP contribution < -0.4 is 10.3 Å². The predicted octanol–water partition coefficient (Wildman–Crippen LogP) is 2.68. The van der Waals surface area contributed by atoms with E-state index >= 15 is 0 Å². The van der Waals surface area contributed by atoms with Gasteiger partial charge in [0, 0.05) is 5.56 Å². The van der Waals surface area contributed by atoms with E-state index < -0.39 is 0 Å². The van der Waals surface area contributed by atoms with Gasteiger partial charge in [-0.15, -0.1) is 0 Å². The van der Waals surface area contributed by atoms with Gasteiger partial charge in [0.15, 0.2) is 0 Å². The quantitative estimate of drug-likeness (QED) is 0.872. The molecule has 0 aliphatic rings. The van der Waals surface area contributed by atoms with Crippen LogP contribution in [0.4, 0.5) is 0 Å². The number of aryl methyl sites for hydroxylation is 2. The molecule has 0 N–H and O–H groups in total. The number of aromatic nitrogens is 2. The number of ether oxygens (including phenoxy) is 1. The maximum atomic E-state index is 12.1. The van der Waals surface area contributed by atoms with Crippen molar-refractivity contribution >= 4 is 15.9 Å². The minimum atomic E-state index is -0.0870. The van der Waals surface area contributed by atoms with E-state index in [-0.39, 0.29) is 5.56 Å². The average molecular weight is 323 g/mol. The molecule has 0 aliphatic carbocycles. The highest BCUT2D eigenvalue weighted by atomic mass is 79.9. The van der Waals surface area contributed by atoms with Gasteiger partial charge in [-0.1, -0.05) is 17.7 Å². The molecule has 100 valence electrons. The van der Waals surface area contributed by atoms with E-state index in [1.54, 1.807) is 24.9 Å². The smallest absolute Gasteiger partial charge is 0.268 e. The van der Waals surface area contributed by atoms with Gasteiger partial charge in [-0.3, -0.25) is 9.36 Å². The van der Waals surface area contributed by atoms with Gasteiger partial charge in [0.05, 0.1) is 25.7 Å². The van der Waals surface area contributed by atoms with E-state index in [2.05, 4.69) is 20.9 Å². The maximum Gasteiger partial charge on any atom is 0.268 e. The van der Waals surface area contributed by atoms with Crippen molar-refractivity contribution in [2.75, 3.05) is 7.11 Å². The molecule has 0 fully saturated rings. The second-order valence-electron chi connectivity index (χ2n) is 4.39. The molecule has 0 bridgehead atoms. The Bertz CT molecular complexity index is 665. The van der Waals surface area contributed by atoms with Crippen molar-refractivity contribution in [3.63, 3.8) is 0 Å². The summed E-state index contributed by atoms with van der Waals surface area (Å²) in [5.41, 5.74) is 2.69. The summed E-state index contributed by atoms with van der Waals surface area (Å²) in [6.45, 7) is 4.24. The van der Waals surface area contributed by atoms with Crippen molar-refractivity contribution in [3.05, 3.63) is 56.2 Å². The SMILES string of the molecule is COc1ccc(C)cc1Cn1cnc(C)c(Br)c1=O. The Kier molecular flexibility index (Phi) is 4.04. The minimum Gasteiger partial charge on any atom is -0.496 e. The van der Waals surface area contributed by atoms with Crippen LogP contribution >= 0.6 is 15.9 Å². The lowest BCUT2D eigenvalue weighted by atomic mass is 10.1. The zero-order chi connectivity index (χ0) is 14.0. The average Bonchev–Trinajstić information content (AvgIpc) is 2.40. The first-order valence-electron chi connectivity index (χ1n) is 5.88.